The van der Waals surface area contributed by atoms with Gasteiger partial charge in [-0.2, -0.15) is 5.26 Å². The summed E-state index contributed by atoms with van der Waals surface area (Å²) in [5.41, 5.74) is 1.22. The lowest BCUT2D eigenvalue weighted by Crippen LogP contribution is -2.11. The third-order valence-electron chi connectivity index (χ3n) is 2.46. The summed E-state index contributed by atoms with van der Waals surface area (Å²) in [5.74, 6) is -1.10. The molecule has 1 heterocycles. The lowest BCUT2D eigenvalue weighted by molar-refractivity contribution is 0.0690. The lowest BCUT2D eigenvalue weighted by Gasteiger charge is -2.07. The number of rotatable bonds is 5. The second-order valence-corrected chi connectivity index (χ2v) is 3.76. The molecule has 96 valence electrons. The second kappa shape index (κ2) is 5.64. The van der Waals surface area contributed by atoms with Gasteiger partial charge in [-0.1, -0.05) is 17.3 Å². The highest BCUT2D eigenvalue weighted by atomic mass is 16.4. The quantitative estimate of drug-likeness (QED) is 0.826. The number of carboxylic acid groups (broad SMARTS) is 1. The first-order valence-corrected chi connectivity index (χ1v) is 5.57. The Morgan fingerprint density at radius 1 is 1.47 bits per heavy atom. The molecule has 0 spiro atoms. The molecule has 0 aliphatic carbocycles. The van der Waals surface area contributed by atoms with E-state index in [9.17, 15) is 4.79 Å². The Labute approximate surface area is 109 Å². The van der Waals surface area contributed by atoms with Crippen LogP contribution in [0.15, 0.2) is 30.5 Å². The number of aromatic nitrogens is 3. The van der Waals surface area contributed by atoms with E-state index >= 15 is 0 Å². The van der Waals surface area contributed by atoms with Crippen LogP contribution in [-0.2, 0) is 6.54 Å². The fourth-order valence-corrected chi connectivity index (χ4v) is 1.55. The molecule has 7 nitrogen and oxygen atoms in total. The van der Waals surface area contributed by atoms with Crippen molar-refractivity contribution in [1.29, 1.82) is 5.26 Å². The Balaban J connectivity index is 1.93. The van der Waals surface area contributed by atoms with Gasteiger partial charge >= 0.3 is 5.97 Å². The maximum absolute atomic E-state index is 10.6. The summed E-state index contributed by atoms with van der Waals surface area (Å²) < 4.78 is 1.44. The third-order valence-corrected chi connectivity index (χ3v) is 2.46. The fraction of sp³-hybridized carbons (Fsp3) is 0.167. The molecule has 19 heavy (non-hydrogen) atoms. The summed E-state index contributed by atoms with van der Waals surface area (Å²) in [6.07, 6.45) is 1.36. The van der Waals surface area contributed by atoms with Gasteiger partial charge in [-0.05, 0) is 12.1 Å². The molecule has 0 bridgehead atoms. The molecule has 0 radical (unpaired) electrons. The number of anilines is 1. The van der Waals surface area contributed by atoms with Gasteiger partial charge in [0.15, 0.2) is 5.69 Å². The molecule has 0 amide bonds. The average molecular weight is 257 g/mol. The number of benzene rings is 1. The molecule has 7 heteroatoms. The molecule has 0 atom stereocenters. The number of hydrogen-bond acceptors (Lipinski definition) is 5. The molecule has 2 N–H and O–H groups in total. The first-order chi connectivity index (χ1) is 9.20. The van der Waals surface area contributed by atoms with E-state index in [4.69, 9.17) is 10.4 Å². The zero-order chi connectivity index (χ0) is 13.7. The summed E-state index contributed by atoms with van der Waals surface area (Å²) in [7, 11) is 0. The standard InChI is InChI=1S/C12H11N5O2/c13-7-9-3-1-2-4-10(9)14-5-6-17-8-11(12(18)19)15-16-17/h1-4,8,14H,5-6H2,(H,18,19). The van der Waals surface area contributed by atoms with E-state index in [0.717, 1.165) is 5.69 Å². The molecule has 2 rings (SSSR count). The minimum absolute atomic E-state index is 0.0857. The Hall–Kier alpha value is -2.88. The maximum atomic E-state index is 10.6. The van der Waals surface area contributed by atoms with E-state index in [0.29, 0.717) is 18.7 Å². The number of carbonyl (C=O) groups is 1. The van der Waals surface area contributed by atoms with Crippen molar-refractivity contribution in [3.8, 4) is 6.07 Å². The minimum atomic E-state index is -1.10. The molecule has 1 aromatic carbocycles. The summed E-state index contributed by atoms with van der Waals surface area (Å²) in [5, 5.41) is 27.9. The summed E-state index contributed by atoms with van der Waals surface area (Å²) in [6.45, 7) is 0.973. The molecule has 0 unspecified atom stereocenters. The van der Waals surface area contributed by atoms with E-state index in [1.54, 1.807) is 12.1 Å². The third kappa shape index (κ3) is 3.07. The number of nitriles is 1. The van der Waals surface area contributed by atoms with Crippen LogP contribution < -0.4 is 5.32 Å². The van der Waals surface area contributed by atoms with Crippen LogP contribution >= 0.6 is 0 Å². The highest BCUT2D eigenvalue weighted by Crippen LogP contribution is 2.12. The van der Waals surface area contributed by atoms with E-state index in [1.165, 1.54) is 10.9 Å². The zero-order valence-electron chi connectivity index (χ0n) is 9.95. The molecule has 0 saturated heterocycles. The molecular weight excluding hydrogens is 246 g/mol. The van der Waals surface area contributed by atoms with Crippen molar-refractivity contribution in [2.45, 2.75) is 6.54 Å². The average Bonchev–Trinajstić information content (AvgIpc) is 2.88. The van der Waals surface area contributed by atoms with Gasteiger partial charge in [-0.15, -0.1) is 5.10 Å². The number of hydrogen-bond donors (Lipinski definition) is 2. The molecule has 0 aliphatic rings. The van der Waals surface area contributed by atoms with Gasteiger partial charge in [0, 0.05) is 6.54 Å². The molecule has 2 aromatic rings. The van der Waals surface area contributed by atoms with Gasteiger partial charge in [0.2, 0.25) is 0 Å². The lowest BCUT2D eigenvalue weighted by atomic mass is 10.2. The fourth-order valence-electron chi connectivity index (χ4n) is 1.55. The van der Waals surface area contributed by atoms with Gasteiger partial charge in [-0.25, -0.2) is 9.48 Å². The topological polar surface area (TPSA) is 104 Å². The number of nitrogens with one attached hydrogen (secondary N) is 1. The van der Waals surface area contributed by atoms with Gasteiger partial charge in [0.1, 0.15) is 6.07 Å². The van der Waals surface area contributed by atoms with E-state index < -0.39 is 5.97 Å². The van der Waals surface area contributed by atoms with Crippen LogP contribution in [0.3, 0.4) is 0 Å². The molecule has 0 saturated carbocycles. The predicted molar refractivity (Wildman–Crippen MR) is 66.6 cm³/mol. The van der Waals surface area contributed by atoms with Crippen molar-refractivity contribution >= 4 is 11.7 Å². The van der Waals surface area contributed by atoms with E-state index in [1.807, 2.05) is 12.1 Å². The molecule has 0 fully saturated rings. The second-order valence-electron chi connectivity index (χ2n) is 3.76. The first kappa shape index (κ1) is 12.6. The van der Waals surface area contributed by atoms with Crippen LogP contribution in [0.5, 0.6) is 0 Å². The molecular formula is C12H11N5O2. The normalized spacial score (nSPS) is 9.84. The number of para-hydroxylation sites is 1. The number of aromatic carboxylic acids is 1. The first-order valence-electron chi connectivity index (χ1n) is 5.57. The van der Waals surface area contributed by atoms with Crippen LogP contribution in [-0.4, -0.2) is 32.6 Å². The van der Waals surface area contributed by atoms with Crippen molar-refractivity contribution in [3.05, 3.63) is 41.7 Å². The van der Waals surface area contributed by atoms with Gasteiger partial charge in [0.05, 0.1) is 24.0 Å². The van der Waals surface area contributed by atoms with Crippen LogP contribution in [0.1, 0.15) is 16.1 Å². The highest BCUT2D eigenvalue weighted by molar-refractivity contribution is 5.84. The molecule has 0 aliphatic heterocycles. The van der Waals surface area contributed by atoms with Crippen molar-refractivity contribution in [3.63, 3.8) is 0 Å². The van der Waals surface area contributed by atoms with Gasteiger partial charge < -0.3 is 10.4 Å². The van der Waals surface area contributed by atoms with E-state index in [2.05, 4.69) is 21.7 Å². The van der Waals surface area contributed by atoms with Crippen LogP contribution in [0.4, 0.5) is 5.69 Å². The van der Waals surface area contributed by atoms with Crippen molar-refractivity contribution in [2.24, 2.45) is 0 Å². The van der Waals surface area contributed by atoms with Crippen molar-refractivity contribution in [2.75, 3.05) is 11.9 Å². The largest absolute Gasteiger partial charge is 0.476 e. The zero-order valence-corrected chi connectivity index (χ0v) is 9.95. The Bertz CT molecular complexity index is 629. The highest BCUT2D eigenvalue weighted by Gasteiger charge is 2.07. The number of carboxylic acids is 1. The summed E-state index contributed by atoms with van der Waals surface area (Å²) >= 11 is 0. The van der Waals surface area contributed by atoms with Crippen LogP contribution in [0.25, 0.3) is 0 Å². The summed E-state index contributed by atoms with van der Waals surface area (Å²) in [4.78, 5) is 10.6. The Morgan fingerprint density at radius 2 is 2.26 bits per heavy atom. The van der Waals surface area contributed by atoms with Gasteiger partial charge in [0.25, 0.3) is 0 Å². The van der Waals surface area contributed by atoms with Gasteiger partial charge in [-0.3, -0.25) is 0 Å². The van der Waals surface area contributed by atoms with Crippen molar-refractivity contribution in [1.82, 2.24) is 15.0 Å². The Morgan fingerprint density at radius 3 is 2.95 bits per heavy atom. The Kier molecular flexibility index (Phi) is 3.73. The van der Waals surface area contributed by atoms with E-state index in [-0.39, 0.29) is 5.69 Å². The maximum Gasteiger partial charge on any atom is 0.358 e. The minimum Gasteiger partial charge on any atom is -0.476 e. The predicted octanol–water partition coefficient (Wildman–Crippen LogP) is 0.960. The smallest absolute Gasteiger partial charge is 0.358 e. The summed E-state index contributed by atoms with van der Waals surface area (Å²) in [6, 6.07) is 9.25. The van der Waals surface area contributed by atoms with Crippen LogP contribution in [0, 0.1) is 11.3 Å². The monoisotopic (exact) mass is 257 g/mol. The van der Waals surface area contributed by atoms with Crippen LogP contribution in [0.2, 0.25) is 0 Å². The van der Waals surface area contributed by atoms with Crippen molar-refractivity contribution < 1.29 is 9.90 Å². The SMILES string of the molecule is N#Cc1ccccc1NCCn1cc(C(=O)O)nn1. The number of nitrogens with zero attached hydrogens (tertiary/aromatic N) is 4. The molecule has 1 aromatic heterocycles.